The zero-order chi connectivity index (χ0) is 15.1. The van der Waals surface area contributed by atoms with Gasteiger partial charge in [0.15, 0.2) is 5.96 Å². The van der Waals surface area contributed by atoms with E-state index in [1.807, 2.05) is 0 Å². The van der Waals surface area contributed by atoms with Gasteiger partial charge in [-0.25, -0.2) is 4.99 Å². The van der Waals surface area contributed by atoms with E-state index in [4.69, 9.17) is 10.5 Å². The molecule has 1 aromatic rings. The number of benzene rings is 1. The van der Waals surface area contributed by atoms with Crippen LogP contribution < -0.4 is 10.5 Å². The second kappa shape index (κ2) is 9.92. The van der Waals surface area contributed by atoms with Gasteiger partial charge in [0.25, 0.3) is 0 Å². The predicted molar refractivity (Wildman–Crippen MR) is 103 cm³/mol. The van der Waals surface area contributed by atoms with Crippen molar-refractivity contribution in [3.05, 3.63) is 29.3 Å². The average molecular weight is 417 g/mol. The standard InChI is InChI=1S/C17H27N3O.HI/c1-3-11-21-16-12-14(2)7-8-15(16)13-19-17(18)20-9-5-4-6-10-20;/h7-8,12H,3-6,9-11,13H2,1-2H3,(H2,18,19);1H. The third kappa shape index (κ3) is 5.66. The van der Waals surface area contributed by atoms with E-state index >= 15 is 0 Å². The van der Waals surface area contributed by atoms with E-state index in [1.54, 1.807) is 0 Å². The maximum Gasteiger partial charge on any atom is 0.191 e. The van der Waals surface area contributed by atoms with Crippen molar-refractivity contribution < 1.29 is 4.74 Å². The van der Waals surface area contributed by atoms with Gasteiger partial charge in [-0.1, -0.05) is 19.1 Å². The molecule has 124 valence electrons. The quantitative estimate of drug-likeness (QED) is 0.452. The molecule has 0 aromatic heterocycles. The van der Waals surface area contributed by atoms with E-state index < -0.39 is 0 Å². The highest BCUT2D eigenvalue weighted by Gasteiger charge is 2.12. The van der Waals surface area contributed by atoms with Crippen LogP contribution in [0.4, 0.5) is 0 Å². The lowest BCUT2D eigenvalue weighted by Crippen LogP contribution is -2.40. The number of aliphatic imine (C=N–C) groups is 1. The van der Waals surface area contributed by atoms with Crippen molar-refractivity contribution in [3.63, 3.8) is 0 Å². The van der Waals surface area contributed by atoms with Gasteiger partial charge >= 0.3 is 0 Å². The summed E-state index contributed by atoms with van der Waals surface area (Å²) in [5.74, 6) is 1.60. The summed E-state index contributed by atoms with van der Waals surface area (Å²) in [5, 5.41) is 0. The number of rotatable bonds is 5. The Morgan fingerprint density at radius 2 is 2.00 bits per heavy atom. The molecule has 0 bridgehead atoms. The summed E-state index contributed by atoms with van der Waals surface area (Å²) in [6, 6.07) is 6.27. The molecule has 1 fully saturated rings. The SMILES string of the molecule is CCCOc1cc(C)ccc1CN=C(N)N1CCCCC1.I. The van der Waals surface area contributed by atoms with Gasteiger partial charge in [-0.3, -0.25) is 0 Å². The molecular weight excluding hydrogens is 389 g/mol. The molecule has 1 aliphatic heterocycles. The summed E-state index contributed by atoms with van der Waals surface area (Å²) in [7, 11) is 0. The van der Waals surface area contributed by atoms with E-state index in [2.05, 4.69) is 41.9 Å². The molecule has 5 heteroatoms. The van der Waals surface area contributed by atoms with Crippen molar-refractivity contribution in [3.8, 4) is 5.75 Å². The maximum atomic E-state index is 6.11. The van der Waals surface area contributed by atoms with Crippen LogP contribution in [-0.4, -0.2) is 30.6 Å². The van der Waals surface area contributed by atoms with Crippen molar-refractivity contribution in [2.45, 2.75) is 46.1 Å². The Kier molecular flexibility index (Phi) is 8.60. The van der Waals surface area contributed by atoms with Gasteiger partial charge in [0, 0.05) is 18.7 Å². The van der Waals surface area contributed by atoms with Crippen LogP contribution in [-0.2, 0) is 6.54 Å². The number of ether oxygens (including phenoxy) is 1. The van der Waals surface area contributed by atoms with Crippen molar-refractivity contribution >= 4 is 29.9 Å². The number of nitrogens with zero attached hydrogens (tertiary/aromatic N) is 2. The summed E-state index contributed by atoms with van der Waals surface area (Å²) in [5.41, 5.74) is 8.42. The van der Waals surface area contributed by atoms with Crippen molar-refractivity contribution in [2.24, 2.45) is 10.7 Å². The third-order valence-corrected chi connectivity index (χ3v) is 3.78. The van der Waals surface area contributed by atoms with Crippen LogP contribution in [0, 0.1) is 6.92 Å². The number of aryl methyl sites for hydroxylation is 1. The summed E-state index contributed by atoms with van der Waals surface area (Å²) in [6.45, 7) is 7.57. The molecule has 22 heavy (non-hydrogen) atoms. The van der Waals surface area contributed by atoms with Crippen LogP contribution in [0.15, 0.2) is 23.2 Å². The minimum absolute atomic E-state index is 0. The Balaban J connectivity index is 0.00000242. The number of piperidine rings is 1. The molecule has 4 nitrogen and oxygen atoms in total. The molecule has 2 N–H and O–H groups in total. The molecule has 1 saturated heterocycles. The zero-order valence-electron chi connectivity index (χ0n) is 13.7. The summed E-state index contributed by atoms with van der Waals surface area (Å²) < 4.78 is 5.82. The van der Waals surface area contributed by atoms with E-state index in [9.17, 15) is 0 Å². The maximum absolute atomic E-state index is 6.11. The van der Waals surface area contributed by atoms with Crippen LogP contribution >= 0.6 is 24.0 Å². The number of halogens is 1. The van der Waals surface area contributed by atoms with Crippen LogP contribution in [0.1, 0.15) is 43.7 Å². The average Bonchev–Trinajstić information content (AvgIpc) is 2.52. The van der Waals surface area contributed by atoms with Gasteiger partial charge in [0.2, 0.25) is 0 Å². The Hall–Kier alpha value is -0.980. The molecular formula is C17H28IN3O. The Morgan fingerprint density at radius 3 is 2.68 bits per heavy atom. The van der Waals surface area contributed by atoms with Gasteiger partial charge in [-0.05, 0) is 44.2 Å². The smallest absolute Gasteiger partial charge is 0.191 e. The number of guanidine groups is 1. The minimum atomic E-state index is 0. The first-order chi connectivity index (χ1) is 10.2. The van der Waals surface area contributed by atoms with E-state index in [-0.39, 0.29) is 24.0 Å². The molecule has 1 aromatic carbocycles. The fraction of sp³-hybridized carbons (Fsp3) is 0.588. The highest BCUT2D eigenvalue weighted by molar-refractivity contribution is 14.0. The second-order valence-electron chi connectivity index (χ2n) is 5.68. The monoisotopic (exact) mass is 417 g/mol. The molecule has 1 heterocycles. The molecule has 0 amide bonds. The van der Waals surface area contributed by atoms with Crippen molar-refractivity contribution in [1.29, 1.82) is 0 Å². The number of likely N-dealkylation sites (tertiary alicyclic amines) is 1. The van der Waals surface area contributed by atoms with Crippen LogP contribution in [0.5, 0.6) is 5.75 Å². The first kappa shape index (κ1) is 19.1. The second-order valence-corrected chi connectivity index (χ2v) is 5.68. The Morgan fingerprint density at radius 1 is 1.27 bits per heavy atom. The first-order valence-corrected chi connectivity index (χ1v) is 7.98. The summed E-state index contributed by atoms with van der Waals surface area (Å²) in [6.07, 6.45) is 4.74. The topological polar surface area (TPSA) is 50.9 Å². The van der Waals surface area contributed by atoms with E-state index in [0.29, 0.717) is 12.5 Å². The van der Waals surface area contributed by atoms with E-state index in [1.165, 1.54) is 24.8 Å². The molecule has 2 rings (SSSR count). The van der Waals surface area contributed by atoms with Crippen LogP contribution in [0.25, 0.3) is 0 Å². The van der Waals surface area contributed by atoms with Crippen molar-refractivity contribution in [1.82, 2.24) is 4.90 Å². The highest BCUT2D eigenvalue weighted by Crippen LogP contribution is 2.21. The highest BCUT2D eigenvalue weighted by atomic mass is 127. The fourth-order valence-electron chi connectivity index (χ4n) is 2.53. The predicted octanol–water partition coefficient (Wildman–Crippen LogP) is 3.70. The fourth-order valence-corrected chi connectivity index (χ4v) is 2.53. The molecule has 0 atom stereocenters. The largest absolute Gasteiger partial charge is 0.493 e. The van der Waals surface area contributed by atoms with Gasteiger partial charge < -0.3 is 15.4 Å². The number of hydrogen-bond acceptors (Lipinski definition) is 2. The minimum Gasteiger partial charge on any atom is -0.493 e. The summed E-state index contributed by atoms with van der Waals surface area (Å²) in [4.78, 5) is 6.74. The molecule has 1 aliphatic rings. The van der Waals surface area contributed by atoms with Crippen molar-refractivity contribution in [2.75, 3.05) is 19.7 Å². The van der Waals surface area contributed by atoms with Crippen LogP contribution in [0.2, 0.25) is 0 Å². The van der Waals surface area contributed by atoms with Gasteiger partial charge in [0.05, 0.1) is 13.2 Å². The molecule has 0 saturated carbocycles. The molecule has 0 unspecified atom stereocenters. The van der Waals surface area contributed by atoms with Crippen LogP contribution in [0.3, 0.4) is 0 Å². The van der Waals surface area contributed by atoms with E-state index in [0.717, 1.165) is 37.4 Å². The number of hydrogen-bond donors (Lipinski definition) is 1. The molecule has 0 aliphatic carbocycles. The first-order valence-electron chi connectivity index (χ1n) is 7.98. The lowest BCUT2D eigenvalue weighted by molar-refractivity contribution is 0.313. The van der Waals surface area contributed by atoms with Gasteiger partial charge in [-0.2, -0.15) is 0 Å². The lowest BCUT2D eigenvalue weighted by atomic mass is 10.1. The summed E-state index contributed by atoms with van der Waals surface area (Å²) >= 11 is 0. The Labute approximate surface area is 151 Å². The van der Waals surface area contributed by atoms with Gasteiger partial charge in [-0.15, -0.1) is 24.0 Å². The lowest BCUT2D eigenvalue weighted by Gasteiger charge is -2.27. The number of nitrogens with two attached hydrogens (primary N) is 1. The molecule has 0 spiro atoms. The third-order valence-electron chi connectivity index (χ3n) is 3.78. The molecule has 0 radical (unpaired) electrons. The van der Waals surface area contributed by atoms with Gasteiger partial charge in [0.1, 0.15) is 5.75 Å². The Bertz CT molecular complexity index is 485. The normalized spacial score (nSPS) is 15.4. The zero-order valence-corrected chi connectivity index (χ0v) is 16.0.